The SMILES string of the molecule is CC1(C)CCCN(C(=O)c2csc(C3CCCCC3)c2)C1. The average Bonchev–Trinajstić information content (AvgIpc) is 2.96. The summed E-state index contributed by atoms with van der Waals surface area (Å²) in [7, 11) is 0. The van der Waals surface area contributed by atoms with Crippen molar-refractivity contribution in [2.75, 3.05) is 13.1 Å². The maximum atomic E-state index is 12.7. The number of piperidine rings is 1. The van der Waals surface area contributed by atoms with Crippen LogP contribution in [0, 0.1) is 5.41 Å². The molecular formula is C18H27NOS. The number of thiophene rings is 1. The van der Waals surface area contributed by atoms with E-state index in [2.05, 4.69) is 30.2 Å². The Balaban J connectivity index is 1.69. The van der Waals surface area contributed by atoms with E-state index in [1.165, 1.54) is 43.4 Å². The smallest absolute Gasteiger partial charge is 0.254 e. The zero-order valence-electron chi connectivity index (χ0n) is 13.4. The summed E-state index contributed by atoms with van der Waals surface area (Å²) >= 11 is 1.80. The highest BCUT2D eigenvalue weighted by atomic mass is 32.1. The molecule has 2 nitrogen and oxygen atoms in total. The summed E-state index contributed by atoms with van der Waals surface area (Å²) in [5, 5.41) is 2.09. The quantitative estimate of drug-likeness (QED) is 0.748. The van der Waals surface area contributed by atoms with E-state index < -0.39 is 0 Å². The largest absolute Gasteiger partial charge is 0.338 e. The lowest BCUT2D eigenvalue weighted by Crippen LogP contribution is -2.43. The summed E-state index contributed by atoms with van der Waals surface area (Å²) < 4.78 is 0. The molecule has 0 atom stereocenters. The van der Waals surface area contributed by atoms with Gasteiger partial charge in [0.15, 0.2) is 0 Å². The van der Waals surface area contributed by atoms with E-state index in [-0.39, 0.29) is 11.3 Å². The monoisotopic (exact) mass is 305 g/mol. The van der Waals surface area contributed by atoms with Gasteiger partial charge in [-0.25, -0.2) is 0 Å². The van der Waals surface area contributed by atoms with E-state index in [4.69, 9.17) is 0 Å². The van der Waals surface area contributed by atoms with Gasteiger partial charge < -0.3 is 4.90 Å². The van der Waals surface area contributed by atoms with Crippen molar-refractivity contribution in [1.29, 1.82) is 0 Å². The Kier molecular flexibility index (Phi) is 4.39. The molecule has 0 spiro atoms. The van der Waals surface area contributed by atoms with Gasteiger partial charge in [0.25, 0.3) is 5.91 Å². The minimum atomic E-state index is 0.251. The Bertz CT molecular complexity index is 499. The molecule has 0 unspecified atom stereocenters. The first-order valence-corrected chi connectivity index (χ1v) is 9.31. The summed E-state index contributed by atoms with van der Waals surface area (Å²) in [6.45, 7) is 6.37. The number of likely N-dealkylation sites (tertiary alicyclic amines) is 1. The van der Waals surface area contributed by atoms with Crippen molar-refractivity contribution in [3.8, 4) is 0 Å². The Morgan fingerprint density at radius 1 is 1.24 bits per heavy atom. The van der Waals surface area contributed by atoms with Gasteiger partial charge in [0.1, 0.15) is 0 Å². The van der Waals surface area contributed by atoms with Crippen LogP contribution >= 0.6 is 11.3 Å². The first-order chi connectivity index (χ1) is 10.1. The van der Waals surface area contributed by atoms with Crippen molar-refractivity contribution in [2.24, 2.45) is 5.41 Å². The highest BCUT2D eigenvalue weighted by Crippen LogP contribution is 2.36. The van der Waals surface area contributed by atoms with Gasteiger partial charge in [-0.3, -0.25) is 4.79 Å². The number of amides is 1. The molecule has 2 aliphatic rings. The van der Waals surface area contributed by atoms with Gasteiger partial charge in [0.05, 0.1) is 5.56 Å². The van der Waals surface area contributed by atoms with Crippen LogP contribution in [0.15, 0.2) is 11.4 Å². The number of nitrogens with zero attached hydrogens (tertiary/aromatic N) is 1. The molecule has 3 rings (SSSR count). The second-order valence-electron chi connectivity index (χ2n) is 7.57. The maximum absolute atomic E-state index is 12.7. The third-order valence-corrected chi connectivity index (χ3v) is 6.16. The maximum Gasteiger partial charge on any atom is 0.254 e. The highest BCUT2D eigenvalue weighted by Gasteiger charge is 2.30. The van der Waals surface area contributed by atoms with Gasteiger partial charge in [-0.1, -0.05) is 33.1 Å². The predicted molar refractivity (Wildman–Crippen MR) is 89.1 cm³/mol. The second-order valence-corrected chi connectivity index (χ2v) is 8.51. The van der Waals surface area contributed by atoms with Gasteiger partial charge in [0.2, 0.25) is 0 Å². The fourth-order valence-electron chi connectivity index (χ4n) is 3.85. The molecule has 2 fully saturated rings. The third-order valence-electron chi connectivity index (χ3n) is 5.06. The van der Waals surface area contributed by atoms with Gasteiger partial charge in [0, 0.05) is 23.3 Å². The minimum Gasteiger partial charge on any atom is -0.338 e. The van der Waals surface area contributed by atoms with Crippen LogP contribution in [0.4, 0.5) is 0 Å². The molecule has 1 aromatic heterocycles. The molecule has 1 aliphatic heterocycles. The predicted octanol–water partition coefficient (Wildman–Crippen LogP) is 5.06. The van der Waals surface area contributed by atoms with Crippen LogP contribution in [0.2, 0.25) is 0 Å². The van der Waals surface area contributed by atoms with Crippen molar-refractivity contribution in [2.45, 2.75) is 64.7 Å². The summed E-state index contributed by atoms with van der Waals surface area (Å²) in [4.78, 5) is 16.2. The molecule has 1 saturated carbocycles. The molecule has 1 saturated heterocycles. The van der Waals surface area contributed by atoms with Crippen molar-refractivity contribution in [3.05, 3.63) is 21.9 Å². The topological polar surface area (TPSA) is 20.3 Å². The Morgan fingerprint density at radius 3 is 2.71 bits per heavy atom. The first-order valence-electron chi connectivity index (χ1n) is 8.43. The number of hydrogen-bond acceptors (Lipinski definition) is 2. The Hall–Kier alpha value is -0.830. The highest BCUT2D eigenvalue weighted by molar-refractivity contribution is 7.10. The normalized spacial score (nSPS) is 23.2. The molecule has 0 radical (unpaired) electrons. The van der Waals surface area contributed by atoms with Gasteiger partial charge >= 0.3 is 0 Å². The van der Waals surface area contributed by atoms with Gasteiger partial charge in [-0.05, 0) is 43.1 Å². The fourth-order valence-corrected chi connectivity index (χ4v) is 4.90. The molecule has 21 heavy (non-hydrogen) atoms. The molecule has 1 aliphatic carbocycles. The lowest BCUT2D eigenvalue weighted by Gasteiger charge is -2.38. The molecule has 3 heteroatoms. The average molecular weight is 305 g/mol. The molecular weight excluding hydrogens is 278 g/mol. The molecule has 1 aromatic rings. The number of carbonyl (C=O) groups excluding carboxylic acids is 1. The van der Waals surface area contributed by atoms with E-state index in [0.29, 0.717) is 5.92 Å². The summed E-state index contributed by atoms with van der Waals surface area (Å²) in [6.07, 6.45) is 9.08. The van der Waals surface area contributed by atoms with Crippen molar-refractivity contribution in [1.82, 2.24) is 4.90 Å². The zero-order valence-corrected chi connectivity index (χ0v) is 14.2. The Morgan fingerprint density at radius 2 is 2.00 bits per heavy atom. The third kappa shape index (κ3) is 3.50. The standard InChI is InChI=1S/C18H27NOS/c1-18(2)9-6-10-19(13-18)17(20)15-11-16(21-12-15)14-7-4-3-5-8-14/h11-12,14H,3-10,13H2,1-2H3. The van der Waals surface area contributed by atoms with Crippen LogP contribution in [0.5, 0.6) is 0 Å². The first kappa shape index (κ1) is 15.1. The minimum absolute atomic E-state index is 0.251. The van der Waals surface area contributed by atoms with Crippen LogP contribution in [0.25, 0.3) is 0 Å². The molecule has 0 aromatic carbocycles. The van der Waals surface area contributed by atoms with Crippen LogP contribution in [0.1, 0.15) is 79.9 Å². The van der Waals surface area contributed by atoms with Crippen molar-refractivity contribution < 1.29 is 4.79 Å². The van der Waals surface area contributed by atoms with E-state index in [9.17, 15) is 4.79 Å². The van der Waals surface area contributed by atoms with Crippen molar-refractivity contribution in [3.63, 3.8) is 0 Å². The van der Waals surface area contributed by atoms with Gasteiger partial charge in [-0.2, -0.15) is 0 Å². The summed E-state index contributed by atoms with van der Waals surface area (Å²) in [5.41, 5.74) is 1.20. The van der Waals surface area contributed by atoms with Crippen LogP contribution in [-0.4, -0.2) is 23.9 Å². The number of hydrogen-bond donors (Lipinski definition) is 0. The summed E-state index contributed by atoms with van der Waals surface area (Å²) in [6, 6.07) is 2.19. The molecule has 1 amide bonds. The molecule has 0 N–H and O–H groups in total. The van der Waals surface area contributed by atoms with E-state index in [1.807, 2.05) is 0 Å². The lowest BCUT2D eigenvalue weighted by molar-refractivity contribution is 0.0584. The zero-order chi connectivity index (χ0) is 14.9. The number of carbonyl (C=O) groups is 1. The molecule has 116 valence electrons. The van der Waals surface area contributed by atoms with Crippen molar-refractivity contribution >= 4 is 17.2 Å². The van der Waals surface area contributed by atoms with Crippen LogP contribution in [0.3, 0.4) is 0 Å². The van der Waals surface area contributed by atoms with Gasteiger partial charge in [-0.15, -0.1) is 11.3 Å². The van der Waals surface area contributed by atoms with Crippen LogP contribution in [-0.2, 0) is 0 Å². The van der Waals surface area contributed by atoms with E-state index in [0.717, 1.165) is 25.1 Å². The van der Waals surface area contributed by atoms with E-state index in [1.54, 1.807) is 11.3 Å². The molecule has 2 heterocycles. The van der Waals surface area contributed by atoms with E-state index >= 15 is 0 Å². The summed E-state index contributed by atoms with van der Waals surface area (Å²) in [5.74, 6) is 0.962. The Labute approximate surface area is 132 Å². The second kappa shape index (κ2) is 6.12. The van der Waals surface area contributed by atoms with Crippen LogP contribution < -0.4 is 0 Å². The lowest BCUT2D eigenvalue weighted by atomic mass is 9.84. The fraction of sp³-hybridized carbons (Fsp3) is 0.722. The molecule has 0 bridgehead atoms. The number of rotatable bonds is 2.